The molecule has 0 spiro atoms. The summed E-state index contributed by atoms with van der Waals surface area (Å²) in [6.07, 6.45) is 4.89. The molecule has 0 saturated heterocycles. The fourth-order valence-electron chi connectivity index (χ4n) is 3.89. The lowest BCUT2D eigenvalue weighted by Crippen LogP contribution is -2.10. The molecule has 1 aromatic heterocycles. The van der Waals surface area contributed by atoms with E-state index in [1.807, 2.05) is 24.3 Å². The van der Waals surface area contributed by atoms with Gasteiger partial charge in [0.15, 0.2) is 17.3 Å². The molecular formula is C28H25NO6. The van der Waals surface area contributed by atoms with Crippen LogP contribution in [0, 0.1) is 0 Å². The van der Waals surface area contributed by atoms with Crippen LogP contribution in [0.25, 0.3) is 17.0 Å². The molecule has 0 saturated carbocycles. The number of nitrogens with zero attached hydrogens (tertiary/aromatic N) is 1. The topological polar surface area (TPSA) is 76.0 Å². The summed E-state index contributed by atoms with van der Waals surface area (Å²) in [6.45, 7) is 0. The Labute approximate surface area is 203 Å². The van der Waals surface area contributed by atoms with E-state index in [-0.39, 0.29) is 11.7 Å². The van der Waals surface area contributed by atoms with E-state index >= 15 is 0 Å². The van der Waals surface area contributed by atoms with Gasteiger partial charge in [-0.3, -0.25) is 14.2 Å². The minimum atomic E-state index is -0.250. The molecule has 0 aliphatic rings. The second-order valence-corrected chi connectivity index (χ2v) is 7.62. The number of hydrogen-bond acceptors (Lipinski definition) is 6. The second-order valence-electron chi connectivity index (χ2n) is 7.62. The summed E-state index contributed by atoms with van der Waals surface area (Å²) < 4.78 is 22.8. The molecule has 0 radical (unpaired) electrons. The maximum atomic E-state index is 13.3. The molecule has 178 valence electrons. The van der Waals surface area contributed by atoms with Crippen LogP contribution in [0.1, 0.15) is 26.3 Å². The number of allylic oxidation sites excluding steroid dienone is 1. The van der Waals surface area contributed by atoms with Crippen molar-refractivity contribution in [3.63, 3.8) is 0 Å². The zero-order chi connectivity index (χ0) is 24.9. The molecule has 0 fully saturated rings. The van der Waals surface area contributed by atoms with Gasteiger partial charge in [-0.2, -0.15) is 0 Å². The van der Waals surface area contributed by atoms with Crippen LogP contribution in [0.15, 0.2) is 72.9 Å². The summed E-state index contributed by atoms with van der Waals surface area (Å²) in [5, 5.41) is 0.845. The summed E-state index contributed by atoms with van der Waals surface area (Å²) in [6, 6.07) is 17.7. The SMILES string of the molecule is COc1cccc(C(=O)n2cc(/C=C/C(=O)c3cc(OC)c(OC)c(OC)c3)c3ccccc32)c1. The second kappa shape index (κ2) is 10.2. The Bertz CT molecular complexity index is 1410. The Balaban J connectivity index is 1.71. The Hall–Kier alpha value is -4.52. The van der Waals surface area contributed by atoms with Crippen LogP contribution in [0.4, 0.5) is 0 Å². The van der Waals surface area contributed by atoms with E-state index in [0.29, 0.717) is 34.1 Å². The van der Waals surface area contributed by atoms with Crippen LogP contribution >= 0.6 is 0 Å². The van der Waals surface area contributed by atoms with Gasteiger partial charge < -0.3 is 18.9 Å². The van der Waals surface area contributed by atoms with E-state index in [1.165, 1.54) is 27.4 Å². The fraction of sp³-hybridized carbons (Fsp3) is 0.143. The van der Waals surface area contributed by atoms with Gasteiger partial charge in [-0.15, -0.1) is 0 Å². The molecule has 0 unspecified atom stereocenters. The van der Waals surface area contributed by atoms with Crippen LogP contribution in [0.3, 0.4) is 0 Å². The Morgan fingerprint density at radius 3 is 2.14 bits per heavy atom. The smallest absolute Gasteiger partial charge is 0.262 e. The summed E-state index contributed by atoms with van der Waals surface area (Å²) in [5.74, 6) is 1.35. The maximum absolute atomic E-state index is 13.3. The average molecular weight is 472 g/mol. The number of rotatable bonds is 8. The number of carbonyl (C=O) groups is 2. The van der Waals surface area contributed by atoms with Gasteiger partial charge in [-0.25, -0.2) is 0 Å². The lowest BCUT2D eigenvalue weighted by atomic mass is 10.1. The number of ketones is 1. The molecule has 0 aliphatic heterocycles. The van der Waals surface area contributed by atoms with Gasteiger partial charge in [0.1, 0.15) is 5.75 Å². The van der Waals surface area contributed by atoms with E-state index in [2.05, 4.69) is 0 Å². The first-order valence-corrected chi connectivity index (χ1v) is 10.8. The van der Waals surface area contributed by atoms with E-state index in [4.69, 9.17) is 18.9 Å². The van der Waals surface area contributed by atoms with Crippen molar-refractivity contribution in [2.75, 3.05) is 28.4 Å². The van der Waals surface area contributed by atoms with Crippen LogP contribution < -0.4 is 18.9 Å². The molecule has 7 nitrogen and oxygen atoms in total. The minimum Gasteiger partial charge on any atom is -0.497 e. The number of ether oxygens (including phenoxy) is 4. The number of para-hydroxylation sites is 1. The third-order valence-corrected chi connectivity index (χ3v) is 5.64. The number of carbonyl (C=O) groups excluding carboxylic acids is 2. The zero-order valence-electron chi connectivity index (χ0n) is 19.9. The van der Waals surface area contributed by atoms with Gasteiger partial charge in [0.2, 0.25) is 5.75 Å². The highest BCUT2D eigenvalue weighted by Crippen LogP contribution is 2.38. The monoisotopic (exact) mass is 471 g/mol. The van der Waals surface area contributed by atoms with Crippen LogP contribution in [0.2, 0.25) is 0 Å². The number of hydrogen-bond donors (Lipinski definition) is 0. The largest absolute Gasteiger partial charge is 0.497 e. The van der Waals surface area contributed by atoms with Gasteiger partial charge >= 0.3 is 0 Å². The maximum Gasteiger partial charge on any atom is 0.262 e. The summed E-state index contributed by atoms with van der Waals surface area (Å²) in [7, 11) is 6.05. The molecular weight excluding hydrogens is 446 g/mol. The molecule has 0 atom stereocenters. The standard InChI is InChI=1S/C28H25NO6/c1-32-21-9-7-8-18(14-21)28(31)29-17-19(22-10-5-6-11-23(22)29)12-13-24(30)20-15-25(33-2)27(35-4)26(16-20)34-3/h5-17H,1-4H3/b13-12+. The number of aromatic nitrogens is 1. The van der Waals surface area contributed by atoms with E-state index in [0.717, 1.165) is 16.5 Å². The minimum absolute atomic E-state index is 0.198. The average Bonchev–Trinajstić information content (AvgIpc) is 3.28. The predicted octanol–water partition coefficient (Wildman–Crippen LogP) is 5.26. The predicted molar refractivity (Wildman–Crippen MR) is 134 cm³/mol. The van der Waals surface area contributed by atoms with E-state index < -0.39 is 0 Å². The van der Waals surface area contributed by atoms with Crippen molar-refractivity contribution in [2.24, 2.45) is 0 Å². The first-order valence-electron chi connectivity index (χ1n) is 10.8. The van der Waals surface area contributed by atoms with Crippen LogP contribution in [-0.4, -0.2) is 44.7 Å². The van der Waals surface area contributed by atoms with E-state index in [9.17, 15) is 9.59 Å². The van der Waals surface area contributed by atoms with Crippen molar-refractivity contribution in [1.29, 1.82) is 0 Å². The van der Waals surface area contributed by atoms with Gasteiger partial charge in [-0.1, -0.05) is 24.3 Å². The third-order valence-electron chi connectivity index (χ3n) is 5.64. The van der Waals surface area contributed by atoms with Gasteiger partial charge in [0, 0.05) is 28.3 Å². The fourth-order valence-corrected chi connectivity index (χ4v) is 3.89. The lowest BCUT2D eigenvalue weighted by molar-refractivity contribution is 0.0964. The first kappa shape index (κ1) is 23.6. The van der Waals surface area contributed by atoms with Crippen molar-refractivity contribution in [1.82, 2.24) is 4.57 Å². The van der Waals surface area contributed by atoms with Crippen molar-refractivity contribution in [2.45, 2.75) is 0 Å². The highest BCUT2D eigenvalue weighted by atomic mass is 16.5. The number of fused-ring (bicyclic) bond motifs is 1. The molecule has 0 N–H and O–H groups in total. The molecule has 4 rings (SSSR count). The molecule has 4 aromatic rings. The molecule has 0 amide bonds. The van der Waals surface area contributed by atoms with Crippen molar-refractivity contribution >= 4 is 28.7 Å². The zero-order valence-corrected chi connectivity index (χ0v) is 19.9. The summed E-state index contributed by atoms with van der Waals surface area (Å²) in [5.41, 5.74) is 2.35. The van der Waals surface area contributed by atoms with Crippen molar-refractivity contribution < 1.29 is 28.5 Å². The summed E-state index contributed by atoms with van der Waals surface area (Å²) >= 11 is 0. The normalized spacial score (nSPS) is 11.0. The number of methoxy groups -OCH3 is 4. The molecule has 35 heavy (non-hydrogen) atoms. The molecule has 7 heteroatoms. The molecule has 0 aliphatic carbocycles. The van der Waals surface area contributed by atoms with Crippen LogP contribution in [-0.2, 0) is 0 Å². The van der Waals surface area contributed by atoms with Gasteiger partial charge in [-0.05, 0) is 48.6 Å². The van der Waals surface area contributed by atoms with Gasteiger partial charge in [0.05, 0.1) is 34.0 Å². The third kappa shape index (κ3) is 4.61. The highest BCUT2D eigenvalue weighted by molar-refractivity contribution is 6.09. The van der Waals surface area contributed by atoms with Crippen molar-refractivity contribution in [3.05, 3.63) is 89.6 Å². The Kier molecular flexibility index (Phi) is 6.87. The van der Waals surface area contributed by atoms with Crippen molar-refractivity contribution in [3.8, 4) is 23.0 Å². The number of benzene rings is 3. The van der Waals surface area contributed by atoms with Gasteiger partial charge in [0.25, 0.3) is 5.91 Å². The quantitative estimate of drug-likeness (QED) is 0.258. The highest BCUT2D eigenvalue weighted by Gasteiger charge is 2.17. The molecule has 3 aromatic carbocycles. The summed E-state index contributed by atoms with van der Waals surface area (Å²) in [4.78, 5) is 26.3. The lowest BCUT2D eigenvalue weighted by Gasteiger charge is -2.13. The van der Waals surface area contributed by atoms with E-state index in [1.54, 1.807) is 60.3 Å². The Morgan fingerprint density at radius 2 is 1.49 bits per heavy atom. The van der Waals surface area contributed by atoms with Crippen LogP contribution in [0.5, 0.6) is 23.0 Å². The molecule has 1 heterocycles. The molecule has 0 bridgehead atoms. The Morgan fingerprint density at radius 1 is 0.771 bits per heavy atom. The first-order chi connectivity index (χ1) is 17.0.